The highest BCUT2D eigenvalue weighted by molar-refractivity contribution is 9.10. The summed E-state index contributed by atoms with van der Waals surface area (Å²) in [5, 5.41) is 0. The van der Waals surface area contributed by atoms with Gasteiger partial charge in [0.1, 0.15) is 35.2 Å². The molecule has 2 aromatic rings. The standard InChI is InChI=1S/C18H19BrO6/c1-21-12-5-6-13(18(20)24-4)16(8-12)25-10-11-7-17(23-3)14(19)9-15(11)22-2/h5-9H,10H2,1-4H3. The highest BCUT2D eigenvalue weighted by Gasteiger charge is 2.16. The first kappa shape index (κ1) is 18.9. The van der Waals surface area contributed by atoms with Crippen molar-refractivity contribution in [2.24, 2.45) is 0 Å². The van der Waals surface area contributed by atoms with E-state index in [1.165, 1.54) is 7.11 Å². The lowest BCUT2D eigenvalue weighted by molar-refractivity contribution is 0.0595. The van der Waals surface area contributed by atoms with Gasteiger partial charge in [-0.25, -0.2) is 4.79 Å². The quantitative estimate of drug-likeness (QED) is 0.646. The first-order chi connectivity index (χ1) is 12.0. The number of carbonyl (C=O) groups is 1. The fraction of sp³-hybridized carbons (Fsp3) is 0.278. The van der Waals surface area contributed by atoms with Gasteiger partial charge < -0.3 is 23.7 Å². The Balaban J connectivity index is 2.33. The molecule has 2 aromatic carbocycles. The number of hydrogen-bond donors (Lipinski definition) is 0. The molecule has 0 aromatic heterocycles. The van der Waals surface area contributed by atoms with E-state index in [1.54, 1.807) is 51.7 Å². The summed E-state index contributed by atoms with van der Waals surface area (Å²) >= 11 is 3.41. The fourth-order valence-electron chi connectivity index (χ4n) is 2.22. The Bertz CT molecular complexity index is 759. The zero-order valence-electron chi connectivity index (χ0n) is 14.4. The molecule has 0 aliphatic rings. The number of rotatable bonds is 7. The Morgan fingerprint density at radius 1 is 0.920 bits per heavy atom. The minimum atomic E-state index is -0.488. The predicted octanol–water partition coefficient (Wildman–Crippen LogP) is 3.84. The van der Waals surface area contributed by atoms with Gasteiger partial charge in [0.05, 0.1) is 32.9 Å². The minimum absolute atomic E-state index is 0.171. The molecular formula is C18H19BrO6. The van der Waals surface area contributed by atoms with Gasteiger partial charge in [-0.05, 0) is 40.2 Å². The van der Waals surface area contributed by atoms with Crippen LogP contribution in [0, 0.1) is 0 Å². The number of benzene rings is 2. The maximum atomic E-state index is 11.9. The van der Waals surface area contributed by atoms with Crippen LogP contribution < -0.4 is 18.9 Å². The molecule has 0 aliphatic carbocycles. The highest BCUT2D eigenvalue weighted by Crippen LogP contribution is 2.34. The van der Waals surface area contributed by atoms with E-state index in [-0.39, 0.29) is 6.61 Å². The summed E-state index contributed by atoms with van der Waals surface area (Å²) in [6, 6.07) is 8.50. The van der Waals surface area contributed by atoms with E-state index < -0.39 is 5.97 Å². The van der Waals surface area contributed by atoms with Crippen molar-refractivity contribution in [2.75, 3.05) is 28.4 Å². The molecule has 0 heterocycles. The molecule has 0 radical (unpaired) electrons. The summed E-state index contributed by atoms with van der Waals surface area (Å²) in [5.41, 5.74) is 1.08. The van der Waals surface area contributed by atoms with Crippen LogP contribution in [0.1, 0.15) is 15.9 Å². The normalized spacial score (nSPS) is 10.1. The third-order valence-corrected chi connectivity index (χ3v) is 4.15. The van der Waals surface area contributed by atoms with Crippen molar-refractivity contribution >= 4 is 21.9 Å². The van der Waals surface area contributed by atoms with Gasteiger partial charge in [0.25, 0.3) is 0 Å². The van der Waals surface area contributed by atoms with E-state index in [0.717, 1.165) is 10.0 Å². The topological polar surface area (TPSA) is 63.2 Å². The van der Waals surface area contributed by atoms with Crippen LogP contribution in [0.25, 0.3) is 0 Å². The first-order valence-electron chi connectivity index (χ1n) is 7.33. The van der Waals surface area contributed by atoms with Gasteiger partial charge in [-0.1, -0.05) is 0 Å². The number of methoxy groups -OCH3 is 4. The molecule has 2 rings (SSSR count). The van der Waals surface area contributed by atoms with Crippen LogP contribution in [0.15, 0.2) is 34.8 Å². The van der Waals surface area contributed by atoms with Gasteiger partial charge in [0.2, 0.25) is 0 Å². The zero-order valence-corrected chi connectivity index (χ0v) is 16.0. The Morgan fingerprint density at radius 2 is 1.64 bits per heavy atom. The average molecular weight is 411 g/mol. The van der Waals surface area contributed by atoms with Crippen molar-refractivity contribution in [1.29, 1.82) is 0 Å². The molecule has 0 aliphatic heterocycles. The second-order valence-corrected chi connectivity index (χ2v) is 5.80. The molecule has 0 unspecified atom stereocenters. The van der Waals surface area contributed by atoms with E-state index in [9.17, 15) is 4.79 Å². The zero-order chi connectivity index (χ0) is 18.4. The molecule has 0 bridgehead atoms. The second kappa shape index (κ2) is 8.62. The van der Waals surface area contributed by atoms with Gasteiger partial charge in [0, 0.05) is 11.6 Å². The van der Waals surface area contributed by atoms with E-state index in [4.69, 9.17) is 23.7 Å². The lowest BCUT2D eigenvalue weighted by Crippen LogP contribution is -2.07. The third-order valence-electron chi connectivity index (χ3n) is 3.53. The smallest absolute Gasteiger partial charge is 0.341 e. The van der Waals surface area contributed by atoms with Crippen molar-refractivity contribution < 1.29 is 28.5 Å². The molecule has 6 nitrogen and oxygen atoms in total. The van der Waals surface area contributed by atoms with Crippen LogP contribution in [0.2, 0.25) is 0 Å². The monoisotopic (exact) mass is 410 g/mol. The summed E-state index contributed by atoms with van der Waals surface area (Å²) in [5.74, 6) is 1.73. The van der Waals surface area contributed by atoms with E-state index >= 15 is 0 Å². The summed E-state index contributed by atoms with van der Waals surface area (Å²) in [7, 11) is 6.01. The Labute approximate surface area is 154 Å². The van der Waals surface area contributed by atoms with Crippen LogP contribution in [-0.2, 0) is 11.3 Å². The Kier molecular flexibility index (Phi) is 6.52. The molecule has 0 fully saturated rings. The van der Waals surface area contributed by atoms with Crippen LogP contribution >= 0.6 is 15.9 Å². The third kappa shape index (κ3) is 4.36. The number of ether oxygens (including phenoxy) is 5. The number of hydrogen-bond acceptors (Lipinski definition) is 6. The molecule has 0 amide bonds. The van der Waals surface area contributed by atoms with Crippen molar-refractivity contribution in [3.8, 4) is 23.0 Å². The van der Waals surface area contributed by atoms with Gasteiger partial charge in [0.15, 0.2) is 0 Å². The molecular weight excluding hydrogens is 392 g/mol. The van der Waals surface area contributed by atoms with Crippen LogP contribution in [-0.4, -0.2) is 34.4 Å². The summed E-state index contributed by atoms with van der Waals surface area (Å²) in [6.45, 7) is 0.171. The van der Waals surface area contributed by atoms with Crippen molar-refractivity contribution in [3.05, 3.63) is 45.9 Å². The van der Waals surface area contributed by atoms with Crippen LogP contribution in [0.4, 0.5) is 0 Å². The molecule has 0 N–H and O–H groups in total. The van der Waals surface area contributed by atoms with Crippen LogP contribution in [0.5, 0.6) is 23.0 Å². The number of carbonyl (C=O) groups excluding carboxylic acids is 1. The van der Waals surface area contributed by atoms with E-state index in [1.807, 2.05) is 0 Å². The van der Waals surface area contributed by atoms with Gasteiger partial charge >= 0.3 is 5.97 Å². The lowest BCUT2D eigenvalue weighted by atomic mass is 10.1. The van der Waals surface area contributed by atoms with Gasteiger partial charge in [-0.2, -0.15) is 0 Å². The molecule has 134 valence electrons. The van der Waals surface area contributed by atoms with E-state index in [0.29, 0.717) is 28.6 Å². The molecule has 0 saturated heterocycles. The number of halogens is 1. The van der Waals surface area contributed by atoms with E-state index in [2.05, 4.69) is 15.9 Å². The van der Waals surface area contributed by atoms with Gasteiger partial charge in [-0.15, -0.1) is 0 Å². The summed E-state index contributed by atoms with van der Waals surface area (Å²) in [6.07, 6.45) is 0. The Morgan fingerprint density at radius 3 is 2.24 bits per heavy atom. The predicted molar refractivity (Wildman–Crippen MR) is 95.9 cm³/mol. The Hall–Kier alpha value is -2.41. The van der Waals surface area contributed by atoms with Crippen molar-refractivity contribution in [1.82, 2.24) is 0 Å². The minimum Gasteiger partial charge on any atom is -0.497 e. The first-order valence-corrected chi connectivity index (χ1v) is 8.12. The lowest BCUT2D eigenvalue weighted by Gasteiger charge is -2.15. The van der Waals surface area contributed by atoms with Crippen molar-refractivity contribution in [2.45, 2.75) is 6.61 Å². The van der Waals surface area contributed by atoms with Crippen LogP contribution in [0.3, 0.4) is 0 Å². The molecule has 25 heavy (non-hydrogen) atoms. The molecule has 0 atom stereocenters. The van der Waals surface area contributed by atoms with Gasteiger partial charge in [-0.3, -0.25) is 0 Å². The fourth-order valence-corrected chi connectivity index (χ4v) is 2.70. The molecule has 0 saturated carbocycles. The maximum Gasteiger partial charge on any atom is 0.341 e. The molecule has 7 heteroatoms. The SMILES string of the molecule is COC(=O)c1ccc(OC)cc1OCc1cc(OC)c(Br)cc1OC. The largest absolute Gasteiger partial charge is 0.497 e. The highest BCUT2D eigenvalue weighted by atomic mass is 79.9. The summed E-state index contributed by atoms with van der Waals surface area (Å²) in [4.78, 5) is 11.9. The number of esters is 1. The summed E-state index contributed by atoms with van der Waals surface area (Å²) < 4.78 is 27.3. The average Bonchev–Trinajstić information content (AvgIpc) is 2.65. The van der Waals surface area contributed by atoms with Crippen molar-refractivity contribution in [3.63, 3.8) is 0 Å². The maximum absolute atomic E-state index is 11.9. The second-order valence-electron chi connectivity index (χ2n) is 4.94. The molecule has 0 spiro atoms.